The third kappa shape index (κ3) is 3.17. The Morgan fingerprint density at radius 2 is 2.06 bits per heavy atom. The van der Waals surface area contributed by atoms with Crippen LogP contribution in [-0.2, 0) is 0 Å². The zero-order chi connectivity index (χ0) is 12.0. The molecule has 0 unspecified atom stereocenters. The molecule has 1 aliphatic rings. The molecule has 2 radical (unpaired) electrons. The topological polar surface area (TPSA) is 35.5 Å². The van der Waals surface area contributed by atoms with Crippen LogP contribution in [0.5, 0.6) is 11.5 Å². The van der Waals surface area contributed by atoms with Gasteiger partial charge in [0.1, 0.15) is 13.2 Å². The van der Waals surface area contributed by atoms with Crippen molar-refractivity contribution in [2.24, 2.45) is 0 Å². The van der Waals surface area contributed by atoms with Crippen molar-refractivity contribution in [3.63, 3.8) is 0 Å². The van der Waals surface area contributed by atoms with Crippen LogP contribution in [0.15, 0.2) is 18.2 Å². The first-order chi connectivity index (χ1) is 7.70. The van der Waals surface area contributed by atoms with Crippen LogP contribution >= 0.6 is 12.1 Å². The summed E-state index contributed by atoms with van der Waals surface area (Å²) in [6.07, 6.45) is 0. The summed E-state index contributed by atoms with van der Waals surface area (Å²) in [6.45, 7) is 2.58. The standard InChI is InChI=1S/C10H10O3.B2S/c1-7(11)8-3-2-4-9-10(8)13-6-5-12-9;1-2-3/h2-4H,5-6H2,1H3;. The van der Waals surface area contributed by atoms with E-state index >= 15 is 0 Å². The molecular weight excluding hydrogens is 222 g/mol. The summed E-state index contributed by atoms with van der Waals surface area (Å²) in [5, 5.41) is 0. The first kappa shape index (κ1) is 12.9. The molecule has 80 valence electrons. The summed E-state index contributed by atoms with van der Waals surface area (Å²) in [6, 6.07) is 6.43. The molecule has 0 aromatic heterocycles. The van der Waals surface area contributed by atoms with Gasteiger partial charge >= 0.3 is 25.8 Å². The zero-order valence-corrected chi connectivity index (χ0v) is 9.75. The van der Waals surface area contributed by atoms with Gasteiger partial charge in [-0.1, -0.05) is 6.07 Å². The summed E-state index contributed by atoms with van der Waals surface area (Å²) >= 11 is 4.05. The van der Waals surface area contributed by atoms with Gasteiger partial charge < -0.3 is 9.47 Å². The van der Waals surface area contributed by atoms with Crippen molar-refractivity contribution >= 4 is 31.6 Å². The number of hydrogen-bond donors (Lipinski definition) is 0. The average molecular weight is 232 g/mol. The van der Waals surface area contributed by atoms with Crippen LogP contribution in [0.2, 0.25) is 0 Å². The number of hydrogen-bond acceptors (Lipinski definition) is 4. The number of Topliss-reactive ketones (excluding diaryl/α,β-unsaturated/α-hetero) is 1. The second-order valence-electron chi connectivity index (χ2n) is 3.02. The minimum atomic E-state index is 0.00218. The molecule has 0 amide bonds. The monoisotopic (exact) mass is 232 g/mol. The molecule has 6 heteroatoms. The molecule has 0 bridgehead atoms. The van der Waals surface area contributed by atoms with Gasteiger partial charge in [0.25, 0.3) is 0 Å². The fraction of sp³-hybridized carbons (Fsp3) is 0.300. The molecular formula is C10H10B2O3S. The Morgan fingerprint density at radius 3 is 2.69 bits per heavy atom. The Morgan fingerprint density at radius 1 is 1.44 bits per heavy atom. The molecule has 16 heavy (non-hydrogen) atoms. The van der Waals surface area contributed by atoms with Gasteiger partial charge in [-0.05, 0) is 19.1 Å². The molecule has 3 nitrogen and oxygen atoms in total. The maximum absolute atomic E-state index is 11.2. The van der Waals surface area contributed by atoms with Crippen molar-refractivity contribution in [3.8, 4) is 11.5 Å². The van der Waals surface area contributed by atoms with Gasteiger partial charge in [0, 0.05) is 0 Å². The molecule has 1 heterocycles. The van der Waals surface area contributed by atoms with Gasteiger partial charge in [0.15, 0.2) is 17.3 Å². The van der Waals surface area contributed by atoms with E-state index in [1.165, 1.54) is 6.92 Å². The van der Waals surface area contributed by atoms with E-state index in [0.29, 0.717) is 30.3 Å². The van der Waals surface area contributed by atoms with Crippen LogP contribution in [0, 0.1) is 0 Å². The molecule has 0 spiro atoms. The molecule has 1 aliphatic heterocycles. The van der Waals surface area contributed by atoms with Crippen LogP contribution in [0.3, 0.4) is 0 Å². The van der Waals surface area contributed by atoms with E-state index in [9.17, 15) is 4.79 Å². The normalized spacial score (nSPS) is 11.8. The number of para-hydroxylation sites is 1. The van der Waals surface area contributed by atoms with E-state index < -0.39 is 0 Å². The fourth-order valence-corrected chi connectivity index (χ4v) is 1.35. The Hall–Kier alpha value is -1.16. The van der Waals surface area contributed by atoms with E-state index in [2.05, 4.69) is 19.8 Å². The SMILES string of the molecule is CC(=O)c1cccc2c1OCCO2.[B]B=S. The van der Waals surface area contributed by atoms with Gasteiger partial charge in [-0.15, -0.1) is 0 Å². The first-order valence-electron chi connectivity index (χ1n) is 4.75. The van der Waals surface area contributed by atoms with E-state index in [1.807, 2.05) is 0 Å². The first-order valence-corrected chi connectivity index (χ1v) is 5.22. The predicted octanol–water partition coefficient (Wildman–Crippen LogP) is 1.55. The molecule has 0 N–H and O–H groups in total. The van der Waals surface area contributed by atoms with Gasteiger partial charge in [-0.3, -0.25) is 4.79 Å². The summed E-state index contributed by atoms with van der Waals surface area (Å²) in [4.78, 5) is 11.2. The number of rotatable bonds is 1. The molecule has 0 saturated carbocycles. The quantitative estimate of drug-likeness (QED) is 0.543. The van der Waals surface area contributed by atoms with Crippen LogP contribution in [0.1, 0.15) is 17.3 Å². The van der Waals surface area contributed by atoms with Crippen molar-refractivity contribution in [2.75, 3.05) is 13.2 Å². The van der Waals surface area contributed by atoms with Crippen LogP contribution in [0.4, 0.5) is 0 Å². The van der Waals surface area contributed by atoms with Gasteiger partial charge in [-0.2, -0.15) is 0 Å². The zero-order valence-electron chi connectivity index (χ0n) is 8.93. The Bertz CT molecular complexity index is 396. The van der Waals surface area contributed by atoms with E-state index in [4.69, 9.17) is 9.47 Å². The second kappa shape index (κ2) is 6.43. The Balaban J connectivity index is 0.000000386. The summed E-state index contributed by atoms with van der Waals surface area (Å²) < 4.78 is 10.7. The van der Waals surface area contributed by atoms with Crippen molar-refractivity contribution in [2.45, 2.75) is 6.92 Å². The number of fused-ring (bicyclic) bond motifs is 1. The Kier molecular flexibility index (Phi) is 5.19. The van der Waals surface area contributed by atoms with Crippen molar-refractivity contribution in [1.82, 2.24) is 0 Å². The predicted molar refractivity (Wildman–Crippen MR) is 66.5 cm³/mol. The van der Waals surface area contributed by atoms with E-state index in [0.717, 1.165) is 6.05 Å². The fourth-order valence-electron chi connectivity index (χ4n) is 1.35. The molecule has 0 fully saturated rings. The van der Waals surface area contributed by atoms with Crippen molar-refractivity contribution in [3.05, 3.63) is 23.8 Å². The minimum absolute atomic E-state index is 0.00218. The molecule has 1 aromatic carbocycles. The third-order valence-electron chi connectivity index (χ3n) is 1.95. The number of benzene rings is 1. The second-order valence-corrected chi connectivity index (χ2v) is 3.29. The van der Waals surface area contributed by atoms with E-state index in [-0.39, 0.29) is 5.78 Å². The maximum atomic E-state index is 11.2. The molecule has 0 saturated heterocycles. The molecule has 2 rings (SSSR count). The van der Waals surface area contributed by atoms with Crippen molar-refractivity contribution < 1.29 is 14.3 Å². The van der Waals surface area contributed by atoms with E-state index in [1.54, 1.807) is 18.2 Å². The number of ketones is 1. The number of carbonyl (C=O) groups excluding carboxylic acids is 1. The molecule has 1 aromatic rings. The molecule has 0 atom stereocenters. The third-order valence-corrected chi connectivity index (χ3v) is 1.95. The number of carbonyl (C=O) groups is 1. The average Bonchev–Trinajstić information content (AvgIpc) is 2.29. The van der Waals surface area contributed by atoms with Crippen LogP contribution in [-0.4, -0.2) is 32.8 Å². The number of ether oxygens (including phenoxy) is 2. The summed E-state index contributed by atoms with van der Waals surface area (Å²) in [5.74, 6) is 1.25. The van der Waals surface area contributed by atoms with Gasteiger partial charge in [-0.25, -0.2) is 0 Å². The summed E-state index contributed by atoms with van der Waals surface area (Å²) in [5.41, 5.74) is 0.595. The Labute approximate surface area is 102 Å². The summed E-state index contributed by atoms with van der Waals surface area (Å²) in [7, 11) is 4.54. The van der Waals surface area contributed by atoms with Crippen LogP contribution in [0.25, 0.3) is 0 Å². The van der Waals surface area contributed by atoms with Crippen LogP contribution < -0.4 is 9.47 Å². The molecule has 0 aliphatic carbocycles. The van der Waals surface area contributed by atoms with Crippen molar-refractivity contribution in [1.29, 1.82) is 0 Å². The van der Waals surface area contributed by atoms with Gasteiger partial charge in [0.2, 0.25) is 0 Å². The van der Waals surface area contributed by atoms with Gasteiger partial charge in [0.05, 0.1) is 5.56 Å².